The van der Waals surface area contributed by atoms with Gasteiger partial charge in [0.1, 0.15) is 12.1 Å². The summed E-state index contributed by atoms with van der Waals surface area (Å²) in [5.41, 5.74) is 4.32. The van der Waals surface area contributed by atoms with Crippen LogP contribution in [0, 0.1) is 13.8 Å². The largest absolute Gasteiger partial charge is 0.376 e. The summed E-state index contributed by atoms with van der Waals surface area (Å²) in [6.45, 7) is 5.83. The number of hydrogen-bond acceptors (Lipinski definition) is 5. The van der Waals surface area contributed by atoms with Crippen molar-refractivity contribution in [2.24, 2.45) is 0 Å². The maximum Gasteiger partial charge on any atom is 0.168 e. The third kappa shape index (κ3) is 2.73. The van der Waals surface area contributed by atoms with Gasteiger partial charge in [-0.2, -0.15) is 5.10 Å². The molecule has 0 radical (unpaired) electrons. The van der Waals surface area contributed by atoms with Crippen molar-refractivity contribution in [1.29, 1.82) is 0 Å². The van der Waals surface area contributed by atoms with Gasteiger partial charge in [0, 0.05) is 13.2 Å². The van der Waals surface area contributed by atoms with Gasteiger partial charge in [-0.3, -0.25) is 0 Å². The summed E-state index contributed by atoms with van der Waals surface area (Å²) in [6.07, 6.45) is 5.91. The summed E-state index contributed by atoms with van der Waals surface area (Å²) in [5.74, 6) is 0.811. The van der Waals surface area contributed by atoms with E-state index in [9.17, 15) is 0 Å². The Labute approximate surface area is 140 Å². The van der Waals surface area contributed by atoms with Gasteiger partial charge in [-0.25, -0.2) is 14.6 Å². The maximum absolute atomic E-state index is 5.66. The molecule has 0 spiro atoms. The molecule has 1 aliphatic rings. The van der Waals surface area contributed by atoms with Gasteiger partial charge in [-0.1, -0.05) is 6.07 Å². The number of nitrogens with one attached hydrogen (secondary N) is 1. The smallest absolute Gasteiger partial charge is 0.168 e. The molecule has 0 saturated carbocycles. The van der Waals surface area contributed by atoms with Gasteiger partial charge in [0.2, 0.25) is 0 Å². The van der Waals surface area contributed by atoms with Crippen LogP contribution < -0.4 is 5.32 Å². The number of rotatable bonds is 4. The molecule has 24 heavy (non-hydrogen) atoms. The number of ether oxygens (including phenoxy) is 1. The lowest BCUT2D eigenvalue weighted by Gasteiger charge is -2.11. The molecule has 2 aromatic heterocycles. The topological polar surface area (TPSA) is 64.9 Å². The average molecular weight is 323 g/mol. The van der Waals surface area contributed by atoms with E-state index in [4.69, 9.17) is 4.74 Å². The third-order valence-electron chi connectivity index (χ3n) is 4.62. The predicted molar refractivity (Wildman–Crippen MR) is 93.6 cm³/mol. The van der Waals surface area contributed by atoms with E-state index in [0.29, 0.717) is 0 Å². The standard InChI is InChI=1S/C18H21N5O/c1-12-5-6-14(8-13(12)2)23-18-16(10-22-23)17(20-11-21-18)19-9-15-4-3-7-24-15/h5-6,8,10-11,15H,3-4,7,9H2,1-2H3,(H,19,20,21)/t15-/m1/s1. The average Bonchev–Trinajstić information content (AvgIpc) is 3.25. The number of fused-ring (bicyclic) bond motifs is 1. The molecule has 3 heterocycles. The predicted octanol–water partition coefficient (Wildman–Crippen LogP) is 3.02. The summed E-state index contributed by atoms with van der Waals surface area (Å²) in [7, 11) is 0. The van der Waals surface area contributed by atoms with Crippen LogP contribution in [0.4, 0.5) is 5.82 Å². The summed E-state index contributed by atoms with van der Waals surface area (Å²) in [5, 5.41) is 8.83. The fourth-order valence-corrected chi connectivity index (χ4v) is 3.05. The molecule has 0 bridgehead atoms. The fraction of sp³-hybridized carbons (Fsp3) is 0.389. The molecule has 4 rings (SSSR count). The Kier molecular flexibility index (Phi) is 3.90. The molecule has 0 amide bonds. The van der Waals surface area contributed by atoms with E-state index in [1.54, 1.807) is 6.33 Å². The molecule has 0 unspecified atom stereocenters. The Balaban J connectivity index is 1.66. The van der Waals surface area contributed by atoms with Crippen LogP contribution in [-0.2, 0) is 4.74 Å². The Bertz CT molecular complexity index is 867. The van der Waals surface area contributed by atoms with Gasteiger partial charge >= 0.3 is 0 Å². The van der Waals surface area contributed by atoms with Crippen molar-refractivity contribution in [2.75, 3.05) is 18.5 Å². The van der Waals surface area contributed by atoms with Crippen LogP contribution in [0.25, 0.3) is 16.7 Å². The highest BCUT2D eigenvalue weighted by atomic mass is 16.5. The molecule has 0 aliphatic carbocycles. The van der Waals surface area contributed by atoms with Crippen LogP contribution in [0.15, 0.2) is 30.7 Å². The number of hydrogen-bond donors (Lipinski definition) is 1. The van der Waals surface area contributed by atoms with E-state index in [2.05, 4.69) is 52.4 Å². The number of benzene rings is 1. The van der Waals surface area contributed by atoms with Gasteiger partial charge in [0.15, 0.2) is 5.65 Å². The molecular formula is C18H21N5O. The van der Waals surface area contributed by atoms with Crippen molar-refractivity contribution in [3.05, 3.63) is 41.9 Å². The summed E-state index contributed by atoms with van der Waals surface area (Å²) < 4.78 is 7.52. The number of anilines is 1. The van der Waals surface area contributed by atoms with Gasteiger partial charge in [0.25, 0.3) is 0 Å². The van der Waals surface area contributed by atoms with Crippen molar-refractivity contribution in [1.82, 2.24) is 19.7 Å². The number of nitrogens with zero attached hydrogens (tertiary/aromatic N) is 4. The first kappa shape index (κ1) is 15.1. The first-order valence-corrected chi connectivity index (χ1v) is 8.34. The first-order chi connectivity index (χ1) is 11.7. The van der Waals surface area contributed by atoms with Crippen LogP contribution in [-0.4, -0.2) is 39.0 Å². The monoisotopic (exact) mass is 323 g/mol. The fourth-order valence-electron chi connectivity index (χ4n) is 3.05. The highest BCUT2D eigenvalue weighted by Gasteiger charge is 2.17. The zero-order valence-electron chi connectivity index (χ0n) is 14.0. The van der Waals surface area contributed by atoms with E-state index in [-0.39, 0.29) is 6.10 Å². The van der Waals surface area contributed by atoms with Crippen molar-refractivity contribution in [2.45, 2.75) is 32.8 Å². The van der Waals surface area contributed by atoms with Gasteiger partial charge in [0.05, 0.1) is 23.4 Å². The first-order valence-electron chi connectivity index (χ1n) is 8.34. The van der Waals surface area contributed by atoms with E-state index in [1.807, 2.05) is 10.9 Å². The van der Waals surface area contributed by atoms with Crippen LogP contribution in [0.2, 0.25) is 0 Å². The van der Waals surface area contributed by atoms with Gasteiger partial charge in [-0.05, 0) is 49.9 Å². The van der Waals surface area contributed by atoms with Crippen LogP contribution in [0.1, 0.15) is 24.0 Å². The van der Waals surface area contributed by atoms with E-state index < -0.39 is 0 Å². The highest BCUT2D eigenvalue weighted by Crippen LogP contribution is 2.23. The summed E-state index contributed by atoms with van der Waals surface area (Å²) in [6, 6.07) is 6.30. The number of aromatic nitrogens is 4. The lowest BCUT2D eigenvalue weighted by molar-refractivity contribution is 0.120. The molecule has 3 aromatic rings. The normalized spacial score (nSPS) is 17.5. The molecule has 1 saturated heterocycles. The second-order valence-corrected chi connectivity index (χ2v) is 6.30. The lowest BCUT2D eigenvalue weighted by atomic mass is 10.1. The molecule has 1 aromatic carbocycles. The van der Waals surface area contributed by atoms with Crippen LogP contribution in [0.5, 0.6) is 0 Å². The Hall–Kier alpha value is -2.47. The molecule has 6 heteroatoms. The van der Waals surface area contributed by atoms with E-state index in [1.165, 1.54) is 11.1 Å². The molecule has 1 N–H and O–H groups in total. The third-order valence-corrected chi connectivity index (χ3v) is 4.62. The molecule has 1 atom stereocenters. The zero-order chi connectivity index (χ0) is 16.5. The van der Waals surface area contributed by atoms with Crippen molar-refractivity contribution >= 4 is 16.9 Å². The van der Waals surface area contributed by atoms with Gasteiger partial charge < -0.3 is 10.1 Å². The second kappa shape index (κ2) is 6.20. The highest BCUT2D eigenvalue weighted by molar-refractivity contribution is 5.87. The minimum atomic E-state index is 0.268. The van der Waals surface area contributed by atoms with Gasteiger partial charge in [-0.15, -0.1) is 0 Å². The Morgan fingerprint density at radius 2 is 2.17 bits per heavy atom. The van der Waals surface area contributed by atoms with Crippen LogP contribution >= 0.6 is 0 Å². The second-order valence-electron chi connectivity index (χ2n) is 6.30. The van der Waals surface area contributed by atoms with E-state index in [0.717, 1.165) is 48.5 Å². The quantitative estimate of drug-likeness (QED) is 0.799. The molecule has 6 nitrogen and oxygen atoms in total. The number of aryl methyl sites for hydroxylation is 2. The summed E-state index contributed by atoms with van der Waals surface area (Å²) >= 11 is 0. The Morgan fingerprint density at radius 1 is 1.25 bits per heavy atom. The maximum atomic E-state index is 5.66. The zero-order valence-corrected chi connectivity index (χ0v) is 14.0. The van der Waals surface area contributed by atoms with E-state index >= 15 is 0 Å². The molecular weight excluding hydrogens is 302 g/mol. The van der Waals surface area contributed by atoms with Crippen molar-refractivity contribution < 1.29 is 4.74 Å². The minimum absolute atomic E-state index is 0.268. The lowest BCUT2D eigenvalue weighted by Crippen LogP contribution is -2.19. The minimum Gasteiger partial charge on any atom is -0.376 e. The molecule has 124 valence electrons. The SMILES string of the molecule is Cc1ccc(-n2ncc3c(NC[C@H]4CCCO4)ncnc32)cc1C. The molecule has 1 aliphatic heterocycles. The van der Waals surface area contributed by atoms with Crippen molar-refractivity contribution in [3.8, 4) is 5.69 Å². The Morgan fingerprint density at radius 3 is 2.96 bits per heavy atom. The summed E-state index contributed by atoms with van der Waals surface area (Å²) in [4.78, 5) is 8.80. The van der Waals surface area contributed by atoms with Crippen LogP contribution in [0.3, 0.4) is 0 Å². The van der Waals surface area contributed by atoms with Crippen molar-refractivity contribution in [3.63, 3.8) is 0 Å². The molecule has 1 fully saturated rings.